The van der Waals surface area contributed by atoms with E-state index in [0.29, 0.717) is 19.0 Å². The van der Waals surface area contributed by atoms with Crippen LogP contribution < -0.4 is 10.6 Å². The lowest BCUT2D eigenvalue weighted by molar-refractivity contribution is -0.129. The molecule has 0 aliphatic rings. The molecule has 0 bridgehead atoms. The summed E-state index contributed by atoms with van der Waals surface area (Å²) in [4.78, 5) is 23.1. The van der Waals surface area contributed by atoms with Crippen molar-refractivity contribution < 1.29 is 9.59 Å². The number of hydrogen-bond acceptors (Lipinski definition) is 2. The zero-order valence-corrected chi connectivity index (χ0v) is 13.0. The van der Waals surface area contributed by atoms with E-state index in [0.717, 1.165) is 19.3 Å². The predicted molar refractivity (Wildman–Crippen MR) is 84.9 cm³/mol. The highest BCUT2D eigenvalue weighted by Crippen LogP contribution is 2.01. The van der Waals surface area contributed by atoms with Gasteiger partial charge < -0.3 is 10.6 Å². The Morgan fingerprint density at radius 1 is 1.00 bits per heavy atom. The van der Waals surface area contributed by atoms with Gasteiger partial charge in [-0.3, -0.25) is 9.59 Å². The van der Waals surface area contributed by atoms with Crippen LogP contribution >= 0.6 is 0 Å². The minimum absolute atomic E-state index is 0.0799. The molecular formula is C17H26N2O2. The summed E-state index contributed by atoms with van der Waals surface area (Å²) in [7, 11) is 0. The van der Waals surface area contributed by atoms with Crippen LogP contribution in [0.5, 0.6) is 0 Å². The van der Waals surface area contributed by atoms with Crippen molar-refractivity contribution in [2.45, 2.75) is 39.5 Å². The molecule has 21 heavy (non-hydrogen) atoms. The lowest BCUT2D eigenvalue weighted by Crippen LogP contribution is -2.33. The van der Waals surface area contributed by atoms with E-state index in [1.165, 1.54) is 5.56 Å². The Kier molecular flexibility index (Phi) is 8.17. The summed E-state index contributed by atoms with van der Waals surface area (Å²) in [5, 5.41) is 5.54. The van der Waals surface area contributed by atoms with Crippen LogP contribution in [-0.4, -0.2) is 24.9 Å². The Hall–Kier alpha value is -1.84. The van der Waals surface area contributed by atoms with Gasteiger partial charge in [0.05, 0.1) is 0 Å². The fourth-order valence-corrected chi connectivity index (χ4v) is 1.94. The number of carbonyl (C=O) groups is 2. The molecule has 0 fully saturated rings. The molecule has 4 heteroatoms. The van der Waals surface area contributed by atoms with Crippen LogP contribution in [0.2, 0.25) is 0 Å². The molecule has 0 atom stereocenters. The molecule has 0 aliphatic carbocycles. The summed E-state index contributed by atoms with van der Waals surface area (Å²) in [6.45, 7) is 5.45. The summed E-state index contributed by atoms with van der Waals surface area (Å²) in [6.07, 6.45) is 2.67. The number of rotatable bonds is 9. The summed E-state index contributed by atoms with van der Waals surface area (Å²) in [5.41, 5.74) is 1.26. The third-order valence-electron chi connectivity index (χ3n) is 3.17. The second kappa shape index (κ2) is 9.97. The van der Waals surface area contributed by atoms with Crippen LogP contribution in [0.4, 0.5) is 0 Å². The first-order valence-corrected chi connectivity index (χ1v) is 7.65. The smallest absolute Gasteiger partial charge is 0.229 e. The molecule has 0 aliphatic heterocycles. The molecule has 2 N–H and O–H groups in total. The molecule has 4 nitrogen and oxygen atoms in total. The molecule has 0 heterocycles. The van der Waals surface area contributed by atoms with Crippen molar-refractivity contribution in [1.82, 2.24) is 10.6 Å². The molecule has 0 spiro atoms. The second-order valence-electron chi connectivity index (χ2n) is 5.65. The maximum Gasteiger partial charge on any atom is 0.229 e. The summed E-state index contributed by atoms with van der Waals surface area (Å²) in [6, 6.07) is 10.2. The number of benzene rings is 1. The standard InChI is InChI=1S/C17H26N2O2/c1-14(2)10-12-19-17(21)13-16(20)18-11-6-9-15-7-4-3-5-8-15/h3-5,7-8,14H,6,9-13H2,1-2H3,(H,18,20)(H,19,21). The maximum absolute atomic E-state index is 11.6. The number of hydrogen-bond donors (Lipinski definition) is 2. The topological polar surface area (TPSA) is 58.2 Å². The van der Waals surface area contributed by atoms with Crippen molar-refractivity contribution in [3.63, 3.8) is 0 Å². The van der Waals surface area contributed by atoms with E-state index in [1.54, 1.807) is 0 Å². The molecule has 116 valence electrons. The van der Waals surface area contributed by atoms with Crippen molar-refractivity contribution in [2.75, 3.05) is 13.1 Å². The predicted octanol–water partition coefficient (Wildman–Crippen LogP) is 2.29. The zero-order chi connectivity index (χ0) is 15.5. The summed E-state index contributed by atoms with van der Waals surface area (Å²) >= 11 is 0. The van der Waals surface area contributed by atoms with Crippen LogP contribution in [0.1, 0.15) is 38.7 Å². The Balaban J connectivity index is 2.07. The molecule has 0 saturated carbocycles. The summed E-state index contributed by atoms with van der Waals surface area (Å²) in [5.74, 6) is 0.151. The van der Waals surface area contributed by atoms with Crippen molar-refractivity contribution in [1.29, 1.82) is 0 Å². The van der Waals surface area contributed by atoms with Gasteiger partial charge in [0.15, 0.2) is 0 Å². The molecule has 1 aromatic carbocycles. The van der Waals surface area contributed by atoms with Crippen molar-refractivity contribution in [2.24, 2.45) is 5.92 Å². The number of nitrogens with one attached hydrogen (secondary N) is 2. The molecule has 0 aromatic heterocycles. The number of aryl methyl sites for hydroxylation is 1. The van der Waals surface area contributed by atoms with Gasteiger partial charge in [-0.2, -0.15) is 0 Å². The minimum atomic E-state index is -0.204. The highest BCUT2D eigenvalue weighted by Gasteiger charge is 2.08. The fourth-order valence-electron chi connectivity index (χ4n) is 1.94. The third-order valence-corrected chi connectivity index (χ3v) is 3.17. The van der Waals surface area contributed by atoms with Gasteiger partial charge >= 0.3 is 0 Å². The van der Waals surface area contributed by atoms with E-state index in [4.69, 9.17) is 0 Å². The molecule has 1 aromatic rings. The van der Waals surface area contributed by atoms with Crippen molar-refractivity contribution in [3.05, 3.63) is 35.9 Å². The molecule has 1 rings (SSSR count). The SMILES string of the molecule is CC(C)CCNC(=O)CC(=O)NCCCc1ccccc1. The summed E-state index contributed by atoms with van der Waals surface area (Å²) < 4.78 is 0. The van der Waals surface area contributed by atoms with E-state index in [1.807, 2.05) is 18.2 Å². The second-order valence-corrected chi connectivity index (χ2v) is 5.65. The van der Waals surface area contributed by atoms with Gasteiger partial charge in [0.2, 0.25) is 11.8 Å². The van der Waals surface area contributed by atoms with Crippen LogP contribution in [0, 0.1) is 5.92 Å². The Morgan fingerprint density at radius 2 is 1.62 bits per heavy atom. The highest BCUT2D eigenvalue weighted by atomic mass is 16.2. The van der Waals surface area contributed by atoms with Gasteiger partial charge in [-0.15, -0.1) is 0 Å². The van der Waals surface area contributed by atoms with Gasteiger partial charge in [0.1, 0.15) is 6.42 Å². The number of amides is 2. The first-order chi connectivity index (χ1) is 10.1. The van der Waals surface area contributed by atoms with E-state index < -0.39 is 0 Å². The monoisotopic (exact) mass is 290 g/mol. The lowest BCUT2D eigenvalue weighted by Gasteiger charge is -2.08. The average Bonchev–Trinajstić information content (AvgIpc) is 2.44. The molecule has 0 unspecified atom stereocenters. The van der Waals surface area contributed by atoms with Crippen LogP contribution in [0.25, 0.3) is 0 Å². The Labute approximate surface area is 127 Å². The van der Waals surface area contributed by atoms with Gasteiger partial charge in [-0.1, -0.05) is 44.2 Å². The Morgan fingerprint density at radius 3 is 2.24 bits per heavy atom. The van der Waals surface area contributed by atoms with Gasteiger partial charge in [-0.25, -0.2) is 0 Å². The minimum Gasteiger partial charge on any atom is -0.356 e. The molecule has 0 saturated heterocycles. The van der Waals surface area contributed by atoms with Crippen LogP contribution in [0.15, 0.2) is 30.3 Å². The van der Waals surface area contributed by atoms with E-state index in [2.05, 4.69) is 36.6 Å². The van der Waals surface area contributed by atoms with E-state index in [-0.39, 0.29) is 18.2 Å². The maximum atomic E-state index is 11.6. The largest absolute Gasteiger partial charge is 0.356 e. The number of carbonyl (C=O) groups excluding carboxylic acids is 2. The first-order valence-electron chi connectivity index (χ1n) is 7.65. The van der Waals surface area contributed by atoms with Crippen LogP contribution in [0.3, 0.4) is 0 Å². The van der Waals surface area contributed by atoms with Crippen LogP contribution in [-0.2, 0) is 16.0 Å². The fraction of sp³-hybridized carbons (Fsp3) is 0.529. The third kappa shape index (κ3) is 8.84. The van der Waals surface area contributed by atoms with Gasteiger partial charge in [-0.05, 0) is 30.7 Å². The van der Waals surface area contributed by atoms with Crippen molar-refractivity contribution in [3.8, 4) is 0 Å². The van der Waals surface area contributed by atoms with E-state index in [9.17, 15) is 9.59 Å². The normalized spacial score (nSPS) is 10.4. The van der Waals surface area contributed by atoms with E-state index >= 15 is 0 Å². The average molecular weight is 290 g/mol. The Bertz CT molecular complexity index is 430. The lowest BCUT2D eigenvalue weighted by atomic mass is 10.1. The van der Waals surface area contributed by atoms with Crippen molar-refractivity contribution >= 4 is 11.8 Å². The van der Waals surface area contributed by atoms with Gasteiger partial charge in [0, 0.05) is 13.1 Å². The molecule has 0 radical (unpaired) electrons. The van der Waals surface area contributed by atoms with Gasteiger partial charge in [0.25, 0.3) is 0 Å². The highest BCUT2D eigenvalue weighted by molar-refractivity contribution is 5.96. The quantitative estimate of drug-likeness (QED) is 0.541. The first kappa shape index (κ1) is 17.2. The zero-order valence-electron chi connectivity index (χ0n) is 13.0. The molecule has 2 amide bonds. The molecular weight excluding hydrogens is 264 g/mol.